The molecule has 15 heavy (non-hydrogen) atoms. The highest BCUT2D eigenvalue weighted by atomic mass is 32.2. The van der Waals surface area contributed by atoms with Gasteiger partial charge in [0, 0.05) is 17.6 Å². The van der Waals surface area contributed by atoms with Gasteiger partial charge in [-0.1, -0.05) is 18.2 Å². The van der Waals surface area contributed by atoms with Crippen LogP contribution in [0.1, 0.15) is 13.3 Å². The summed E-state index contributed by atoms with van der Waals surface area (Å²) in [6.45, 7) is 1.52. The van der Waals surface area contributed by atoms with Crippen LogP contribution in [0.4, 0.5) is 0 Å². The molecule has 0 spiro atoms. The summed E-state index contributed by atoms with van der Waals surface area (Å²) >= 11 is 1.71. The van der Waals surface area contributed by atoms with Gasteiger partial charge in [0.15, 0.2) is 0 Å². The van der Waals surface area contributed by atoms with Crippen molar-refractivity contribution in [2.75, 3.05) is 5.75 Å². The van der Waals surface area contributed by atoms with E-state index in [0.717, 1.165) is 12.2 Å². The summed E-state index contributed by atoms with van der Waals surface area (Å²) in [6.07, 6.45) is 2.39. The van der Waals surface area contributed by atoms with Crippen molar-refractivity contribution >= 4 is 11.8 Å². The lowest BCUT2D eigenvalue weighted by molar-refractivity contribution is -0.424. The second kappa shape index (κ2) is 6.24. The monoisotopic (exact) mass is 223 g/mol. The number of nitrogens with zero attached hydrogens (tertiary/aromatic N) is 1. The first kappa shape index (κ1) is 11.8. The summed E-state index contributed by atoms with van der Waals surface area (Å²) in [5, 5.41) is 10.3. The Balaban J connectivity index is 2.29. The zero-order valence-corrected chi connectivity index (χ0v) is 9.37. The molecule has 0 heterocycles. The highest BCUT2D eigenvalue weighted by Gasteiger charge is 1.99. The molecule has 1 rings (SSSR count). The van der Waals surface area contributed by atoms with E-state index >= 15 is 0 Å². The summed E-state index contributed by atoms with van der Waals surface area (Å²) in [5.41, 5.74) is 0.226. The molecule has 0 aliphatic carbocycles. The maximum absolute atomic E-state index is 10.3. The van der Waals surface area contributed by atoms with Gasteiger partial charge in [-0.05, 0) is 24.6 Å². The lowest BCUT2D eigenvalue weighted by Gasteiger charge is -1.97. The lowest BCUT2D eigenvalue weighted by atomic mass is 10.4. The molecule has 0 N–H and O–H groups in total. The second-order valence-electron chi connectivity index (χ2n) is 3.05. The highest BCUT2D eigenvalue weighted by molar-refractivity contribution is 7.99. The molecule has 3 nitrogen and oxygen atoms in total. The van der Waals surface area contributed by atoms with Crippen molar-refractivity contribution in [3.05, 3.63) is 52.2 Å². The van der Waals surface area contributed by atoms with Crippen molar-refractivity contribution in [1.29, 1.82) is 0 Å². The summed E-state index contributed by atoms with van der Waals surface area (Å²) in [6, 6.07) is 10.0. The third-order valence-corrected chi connectivity index (χ3v) is 2.90. The average molecular weight is 223 g/mol. The van der Waals surface area contributed by atoms with Gasteiger partial charge in [0.05, 0.1) is 4.92 Å². The number of allylic oxidation sites excluding steroid dienone is 2. The first-order valence-corrected chi connectivity index (χ1v) is 5.67. The van der Waals surface area contributed by atoms with E-state index in [4.69, 9.17) is 0 Å². The molecular weight excluding hydrogens is 210 g/mol. The fourth-order valence-electron chi connectivity index (χ4n) is 1.04. The van der Waals surface area contributed by atoms with Gasteiger partial charge >= 0.3 is 0 Å². The largest absolute Gasteiger partial charge is 0.259 e. The molecule has 0 saturated carbocycles. The Hall–Kier alpha value is -1.29. The van der Waals surface area contributed by atoms with Crippen LogP contribution in [0.5, 0.6) is 0 Å². The fraction of sp³-hybridized carbons (Fsp3) is 0.273. The van der Waals surface area contributed by atoms with E-state index in [2.05, 4.69) is 0 Å². The van der Waals surface area contributed by atoms with Crippen molar-refractivity contribution in [2.45, 2.75) is 18.2 Å². The Bertz CT molecular complexity index is 349. The van der Waals surface area contributed by atoms with Crippen LogP contribution in [0.3, 0.4) is 0 Å². The van der Waals surface area contributed by atoms with Crippen LogP contribution >= 0.6 is 11.8 Å². The number of hydrogen-bond donors (Lipinski definition) is 0. The van der Waals surface area contributed by atoms with E-state index in [0.29, 0.717) is 0 Å². The predicted octanol–water partition coefficient (Wildman–Crippen LogP) is 3.35. The molecule has 0 aliphatic rings. The van der Waals surface area contributed by atoms with Crippen molar-refractivity contribution < 1.29 is 4.92 Å². The SMILES string of the molecule is C/C(=C\CCSc1ccccc1)[N+](=O)[O-]. The molecule has 0 amide bonds. The topological polar surface area (TPSA) is 43.1 Å². The van der Waals surface area contributed by atoms with E-state index in [1.165, 1.54) is 11.8 Å². The van der Waals surface area contributed by atoms with Crippen LogP contribution < -0.4 is 0 Å². The van der Waals surface area contributed by atoms with Crippen LogP contribution in [-0.4, -0.2) is 10.7 Å². The van der Waals surface area contributed by atoms with E-state index in [9.17, 15) is 10.1 Å². The van der Waals surface area contributed by atoms with Crippen molar-refractivity contribution in [3.63, 3.8) is 0 Å². The number of rotatable bonds is 5. The van der Waals surface area contributed by atoms with E-state index in [1.54, 1.807) is 17.8 Å². The number of thioether (sulfide) groups is 1. The number of nitro groups is 1. The summed E-state index contributed by atoms with van der Waals surface area (Å²) < 4.78 is 0. The molecule has 0 atom stereocenters. The molecule has 0 radical (unpaired) electrons. The van der Waals surface area contributed by atoms with Gasteiger partial charge in [-0.15, -0.1) is 11.8 Å². The smallest absolute Gasteiger partial charge is 0.239 e. The first-order chi connectivity index (χ1) is 7.20. The quantitative estimate of drug-likeness (QED) is 0.333. The third kappa shape index (κ3) is 4.65. The average Bonchev–Trinajstić information content (AvgIpc) is 2.25. The van der Waals surface area contributed by atoms with Gasteiger partial charge in [0.25, 0.3) is 0 Å². The van der Waals surface area contributed by atoms with Crippen LogP contribution in [0.25, 0.3) is 0 Å². The molecule has 0 saturated heterocycles. The molecule has 0 unspecified atom stereocenters. The zero-order valence-electron chi connectivity index (χ0n) is 8.55. The number of hydrogen-bond acceptors (Lipinski definition) is 3. The Morgan fingerprint density at radius 2 is 2.13 bits per heavy atom. The Kier molecular flexibility index (Phi) is 4.90. The van der Waals surface area contributed by atoms with E-state index in [1.807, 2.05) is 30.3 Å². The number of benzene rings is 1. The summed E-state index contributed by atoms with van der Waals surface area (Å²) in [5.74, 6) is 0.870. The van der Waals surface area contributed by atoms with Crippen LogP contribution in [0, 0.1) is 10.1 Å². The summed E-state index contributed by atoms with van der Waals surface area (Å²) in [4.78, 5) is 11.1. The van der Waals surface area contributed by atoms with Gasteiger partial charge in [-0.2, -0.15) is 0 Å². The molecule has 0 aromatic heterocycles. The van der Waals surface area contributed by atoms with Crippen LogP contribution in [-0.2, 0) is 0 Å². The van der Waals surface area contributed by atoms with Crippen molar-refractivity contribution in [1.82, 2.24) is 0 Å². The first-order valence-electron chi connectivity index (χ1n) is 4.69. The molecule has 0 fully saturated rings. The molecular formula is C11H13NO2S. The van der Waals surface area contributed by atoms with Gasteiger partial charge < -0.3 is 0 Å². The molecule has 1 aromatic carbocycles. The molecule has 0 bridgehead atoms. The molecule has 80 valence electrons. The highest BCUT2D eigenvalue weighted by Crippen LogP contribution is 2.18. The summed E-state index contributed by atoms with van der Waals surface area (Å²) in [7, 11) is 0. The molecule has 0 aliphatic heterocycles. The molecule has 1 aromatic rings. The standard InChI is InChI=1S/C11H13NO2S/c1-10(12(13)14)6-5-9-15-11-7-3-2-4-8-11/h2-4,6-8H,5,9H2,1H3/b10-6+. The Labute approximate surface area is 93.3 Å². The van der Waals surface area contributed by atoms with E-state index in [-0.39, 0.29) is 10.6 Å². The van der Waals surface area contributed by atoms with Crippen LogP contribution in [0.15, 0.2) is 47.0 Å². The third-order valence-electron chi connectivity index (χ3n) is 1.86. The van der Waals surface area contributed by atoms with Crippen molar-refractivity contribution in [3.8, 4) is 0 Å². The maximum atomic E-state index is 10.3. The van der Waals surface area contributed by atoms with Gasteiger partial charge in [0.1, 0.15) is 0 Å². The minimum absolute atomic E-state index is 0.226. The van der Waals surface area contributed by atoms with E-state index < -0.39 is 0 Å². The minimum atomic E-state index is -0.354. The van der Waals surface area contributed by atoms with Gasteiger partial charge in [0.2, 0.25) is 5.70 Å². The Morgan fingerprint density at radius 1 is 1.47 bits per heavy atom. The lowest BCUT2D eigenvalue weighted by Crippen LogP contribution is -1.93. The Morgan fingerprint density at radius 3 is 2.73 bits per heavy atom. The minimum Gasteiger partial charge on any atom is -0.259 e. The predicted molar refractivity (Wildman–Crippen MR) is 62.5 cm³/mol. The molecule has 4 heteroatoms. The second-order valence-corrected chi connectivity index (χ2v) is 4.22. The maximum Gasteiger partial charge on any atom is 0.239 e. The van der Waals surface area contributed by atoms with Crippen molar-refractivity contribution in [2.24, 2.45) is 0 Å². The van der Waals surface area contributed by atoms with Gasteiger partial charge in [-0.25, -0.2) is 0 Å². The zero-order chi connectivity index (χ0) is 11.1. The fourth-order valence-corrected chi connectivity index (χ4v) is 1.86. The van der Waals surface area contributed by atoms with Crippen LogP contribution in [0.2, 0.25) is 0 Å². The normalized spacial score (nSPS) is 11.4. The van der Waals surface area contributed by atoms with Gasteiger partial charge in [-0.3, -0.25) is 10.1 Å².